The van der Waals surface area contributed by atoms with Crippen LogP contribution in [-0.2, 0) is 33.6 Å². The van der Waals surface area contributed by atoms with Crippen molar-refractivity contribution < 1.29 is 24.6 Å². The lowest BCUT2D eigenvalue weighted by Gasteiger charge is -2.18. The molecule has 0 aliphatic heterocycles. The van der Waals surface area contributed by atoms with E-state index >= 15 is 0 Å². The SMILES string of the molecule is O=C(O)CN(CC(=O)O)C(=O)Cc1ccc2c(c1)CCC2. The highest BCUT2D eigenvalue weighted by Crippen LogP contribution is 2.23. The Labute approximate surface area is 122 Å². The molecule has 1 aromatic carbocycles. The van der Waals surface area contributed by atoms with Gasteiger partial charge < -0.3 is 15.1 Å². The monoisotopic (exact) mass is 291 g/mol. The Kier molecular flexibility index (Phi) is 4.57. The largest absolute Gasteiger partial charge is 0.480 e. The van der Waals surface area contributed by atoms with Crippen molar-refractivity contribution in [3.63, 3.8) is 0 Å². The number of carbonyl (C=O) groups is 3. The molecule has 2 N–H and O–H groups in total. The van der Waals surface area contributed by atoms with Gasteiger partial charge in [-0.15, -0.1) is 0 Å². The van der Waals surface area contributed by atoms with Crippen LogP contribution in [0.4, 0.5) is 0 Å². The molecule has 0 saturated carbocycles. The number of hydrogen-bond donors (Lipinski definition) is 2. The van der Waals surface area contributed by atoms with Crippen LogP contribution in [0.5, 0.6) is 0 Å². The van der Waals surface area contributed by atoms with Gasteiger partial charge in [-0.25, -0.2) is 0 Å². The van der Waals surface area contributed by atoms with E-state index in [4.69, 9.17) is 10.2 Å². The van der Waals surface area contributed by atoms with Crippen LogP contribution in [0.15, 0.2) is 18.2 Å². The third-order valence-electron chi connectivity index (χ3n) is 3.52. The molecule has 112 valence electrons. The van der Waals surface area contributed by atoms with Gasteiger partial charge >= 0.3 is 11.9 Å². The Bertz CT molecular complexity index is 565. The van der Waals surface area contributed by atoms with Gasteiger partial charge in [0.1, 0.15) is 13.1 Å². The lowest BCUT2D eigenvalue weighted by Crippen LogP contribution is -2.40. The van der Waals surface area contributed by atoms with Crippen LogP contribution in [0.3, 0.4) is 0 Å². The topological polar surface area (TPSA) is 94.9 Å². The zero-order valence-corrected chi connectivity index (χ0v) is 11.5. The number of amides is 1. The Balaban J connectivity index is 2.07. The number of hydrogen-bond acceptors (Lipinski definition) is 3. The second-order valence-electron chi connectivity index (χ2n) is 5.17. The number of carboxylic acid groups (broad SMARTS) is 2. The Hall–Kier alpha value is -2.37. The maximum Gasteiger partial charge on any atom is 0.323 e. The molecule has 0 fully saturated rings. The summed E-state index contributed by atoms with van der Waals surface area (Å²) >= 11 is 0. The molecule has 0 saturated heterocycles. The highest BCUT2D eigenvalue weighted by molar-refractivity contribution is 5.86. The molecule has 1 aliphatic rings. The minimum Gasteiger partial charge on any atom is -0.480 e. The molecular formula is C15H17NO5. The summed E-state index contributed by atoms with van der Waals surface area (Å²) < 4.78 is 0. The van der Waals surface area contributed by atoms with E-state index in [2.05, 4.69) is 0 Å². The van der Waals surface area contributed by atoms with Crippen LogP contribution >= 0.6 is 0 Å². The molecule has 0 atom stereocenters. The van der Waals surface area contributed by atoms with E-state index in [1.54, 1.807) is 0 Å². The van der Waals surface area contributed by atoms with Gasteiger partial charge in [-0.3, -0.25) is 14.4 Å². The van der Waals surface area contributed by atoms with Crippen molar-refractivity contribution >= 4 is 17.8 Å². The Morgan fingerprint density at radius 3 is 2.24 bits per heavy atom. The van der Waals surface area contributed by atoms with Crippen molar-refractivity contribution in [3.05, 3.63) is 34.9 Å². The van der Waals surface area contributed by atoms with Crippen molar-refractivity contribution in [1.82, 2.24) is 4.90 Å². The molecule has 0 aromatic heterocycles. The number of aliphatic carboxylic acids is 2. The van der Waals surface area contributed by atoms with Crippen molar-refractivity contribution in [2.45, 2.75) is 25.7 Å². The average Bonchev–Trinajstić information content (AvgIpc) is 2.84. The quantitative estimate of drug-likeness (QED) is 0.805. The summed E-state index contributed by atoms with van der Waals surface area (Å²) in [5.74, 6) is -2.94. The molecular weight excluding hydrogens is 274 g/mol. The van der Waals surface area contributed by atoms with Gasteiger partial charge in [0.25, 0.3) is 0 Å². The van der Waals surface area contributed by atoms with Gasteiger partial charge in [-0.1, -0.05) is 18.2 Å². The van der Waals surface area contributed by atoms with E-state index in [9.17, 15) is 14.4 Å². The first-order valence-corrected chi connectivity index (χ1v) is 6.78. The first-order valence-electron chi connectivity index (χ1n) is 6.78. The van der Waals surface area contributed by atoms with Crippen LogP contribution < -0.4 is 0 Å². The fourth-order valence-corrected chi connectivity index (χ4v) is 2.58. The summed E-state index contributed by atoms with van der Waals surface area (Å²) in [6.45, 7) is -1.20. The number of rotatable bonds is 6. The van der Waals surface area contributed by atoms with Crippen molar-refractivity contribution in [3.8, 4) is 0 Å². The Morgan fingerprint density at radius 1 is 1.00 bits per heavy atom. The molecule has 1 aliphatic carbocycles. The molecule has 2 rings (SSSR count). The standard InChI is InChI=1S/C15H17NO5/c17-13(16(8-14(18)19)9-15(20)21)7-10-4-5-11-2-1-3-12(11)6-10/h4-6H,1-3,7-9H2,(H,18,19)(H,20,21). The van der Waals surface area contributed by atoms with E-state index in [1.165, 1.54) is 11.1 Å². The molecule has 21 heavy (non-hydrogen) atoms. The average molecular weight is 291 g/mol. The lowest BCUT2D eigenvalue weighted by molar-refractivity contribution is -0.149. The minimum atomic E-state index is -1.22. The molecule has 1 amide bonds. The normalized spacial score (nSPS) is 12.8. The third kappa shape index (κ3) is 4.05. The van der Waals surface area contributed by atoms with Gasteiger partial charge in [0, 0.05) is 0 Å². The highest BCUT2D eigenvalue weighted by atomic mass is 16.4. The van der Waals surface area contributed by atoms with Gasteiger partial charge in [0.15, 0.2) is 0 Å². The molecule has 1 aromatic rings. The molecule has 6 nitrogen and oxygen atoms in total. The molecule has 0 spiro atoms. The number of carbonyl (C=O) groups excluding carboxylic acids is 1. The predicted octanol–water partition coefficient (Wildman–Crippen LogP) is 0.716. The smallest absolute Gasteiger partial charge is 0.323 e. The summed E-state index contributed by atoms with van der Waals surface area (Å²) in [6, 6.07) is 5.80. The summed E-state index contributed by atoms with van der Waals surface area (Å²) in [6.07, 6.45) is 3.17. The van der Waals surface area contributed by atoms with Gasteiger partial charge in [0.05, 0.1) is 6.42 Å². The minimum absolute atomic E-state index is 0.0217. The van der Waals surface area contributed by atoms with Gasteiger partial charge in [-0.2, -0.15) is 0 Å². The van der Waals surface area contributed by atoms with Crippen LogP contribution in [0, 0.1) is 0 Å². The second kappa shape index (κ2) is 6.39. The summed E-state index contributed by atoms with van der Waals surface area (Å²) in [5, 5.41) is 17.5. The lowest BCUT2D eigenvalue weighted by atomic mass is 10.0. The first kappa shape index (κ1) is 15.0. The zero-order chi connectivity index (χ0) is 15.4. The maximum atomic E-state index is 12.1. The number of fused-ring (bicyclic) bond motifs is 1. The number of nitrogens with zero attached hydrogens (tertiary/aromatic N) is 1. The van der Waals surface area contributed by atoms with Crippen LogP contribution in [0.2, 0.25) is 0 Å². The van der Waals surface area contributed by atoms with E-state index in [-0.39, 0.29) is 6.42 Å². The zero-order valence-electron chi connectivity index (χ0n) is 11.5. The van der Waals surface area contributed by atoms with Crippen molar-refractivity contribution in [1.29, 1.82) is 0 Å². The molecule has 0 radical (unpaired) electrons. The predicted molar refractivity (Wildman–Crippen MR) is 74.0 cm³/mol. The number of benzene rings is 1. The summed E-state index contributed by atoms with van der Waals surface area (Å²) in [4.78, 5) is 34.4. The highest BCUT2D eigenvalue weighted by Gasteiger charge is 2.20. The first-order chi connectivity index (χ1) is 9.95. The van der Waals surface area contributed by atoms with Crippen molar-refractivity contribution in [2.75, 3.05) is 13.1 Å². The van der Waals surface area contributed by atoms with Gasteiger partial charge in [-0.05, 0) is 36.0 Å². The van der Waals surface area contributed by atoms with Crippen molar-refractivity contribution in [2.24, 2.45) is 0 Å². The van der Waals surface area contributed by atoms with E-state index in [0.29, 0.717) is 0 Å². The third-order valence-corrected chi connectivity index (χ3v) is 3.52. The summed E-state index contributed by atoms with van der Waals surface area (Å²) in [7, 11) is 0. The van der Waals surface area contributed by atoms with E-state index in [1.807, 2.05) is 18.2 Å². The molecule has 0 unspecified atom stereocenters. The van der Waals surface area contributed by atoms with Crippen LogP contribution in [-0.4, -0.2) is 46.0 Å². The van der Waals surface area contributed by atoms with Crippen LogP contribution in [0.1, 0.15) is 23.1 Å². The molecule has 0 heterocycles. The number of carboxylic acids is 2. The Morgan fingerprint density at radius 2 is 1.62 bits per heavy atom. The maximum absolute atomic E-state index is 12.1. The fraction of sp³-hybridized carbons (Fsp3) is 0.400. The molecule has 0 bridgehead atoms. The number of aryl methyl sites for hydroxylation is 2. The van der Waals surface area contributed by atoms with Gasteiger partial charge in [0.2, 0.25) is 5.91 Å². The van der Waals surface area contributed by atoms with E-state index in [0.717, 1.165) is 29.7 Å². The summed E-state index contributed by atoms with van der Waals surface area (Å²) in [5.41, 5.74) is 3.31. The van der Waals surface area contributed by atoms with Crippen LogP contribution in [0.25, 0.3) is 0 Å². The fourth-order valence-electron chi connectivity index (χ4n) is 2.58. The second-order valence-corrected chi connectivity index (χ2v) is 5.17. The molecule has 6 heteroatoms. The van der Waals surface area contributed by atoms with E-state index < -0.39 is 30.9 Å².